The number of alkyl halides is 6. The summed E-state index contributed by atoms with van der Waals surface area (Å²) in [5.41, 5.74) is -1.46. The lowest BCUT2D eigenvalue weighted by molar-refractivity contribution is -0.952. The summed E-state index contributed by atoms with van der Waals surface area (Å²) in [6.45, 7) is 1.10. The Kier molecular flexibility index (Phi) is 7.01. The predicted molar refractivity (Wildman–Crippen MR) is 105 cm³/mol. The zero-order valence-corrected chi connectivity index (χ0v) is 17.0. The molecule has 0 amide bonds. The third-order valence-electron chi connectivity index (χ3n) is 6.18. The van der Waals surface area contributed by atoms with Crippen LogP contribution in [0.5, 0.6) is 0 Å². The van der Waals surface area contributed by atoms with E-state index < -0.39 is 23.5 Å². The van der Waals surface area contributed by atoms with Gasteiger partial charge in [0, 0.05) is 24.8 Å². The minimum Gasteiger partial charge on any atom is -0.390 e. The van der Waals surface area contributed by atoms with Crippen LogP contribution >= 0.6 is 0 Å². The number of likely N-dealkylation sites (tertiary alicyclic amines) is 1. The van der Waals surface area contributed by atoms with Crippen LogP contribution in [-0.4, -0.2) is 35.3 Å². The van der Waals surface area contributed by atoms with E-state index in [0.717, 1.165) is 37.0 Å². The maximum atomic E-state index is 13.3. The van der Waals surface area contributed by atoms with E-state index in [2.05, 4.69) is 0 Å². The summed E-state index contributed by atoms with van der Waals surface area (Å²) in [5, 5.41) is 9.89. The van der Waals surface area contributed by atoms with E-state index in [4.69, 9.17) is 0 Å². The van der Waals surface area contributed by atoms with Gasteiger partial charge in [0.05, 0.1) is 30.8 Å². The molecule has 3 rings (SSSR count). The second-order valence-corrected chi connectivity index (χ2v) is 8.31. The molecule has 1 fully saturated rings. The summed E-state index contributed by atoms with van der Waals surface area (Å²) in [6.07, 6.45) is -6.76. The summed E-state index contributed by atoms with van der Waals surface area (Å²) in [7, 11) is 0. The number of nitrogens with zero attached hydrogens (tertiary/aromatic N) is 1. The molecule has 170 valence electrons. The molecule has 0 spiro atoms. The van der Waals surface area contributed by atoms with Crippen molar-refractivity contribution < 1.29 is 35.9 Å². The number of halogens is 6. The van der Waals surface area contributed by atoms with Gasteiger partial charge in [-0.1, -0.05) is 30.3 Å². The Morgan fingerprint density at radius 1 is 0.871 bits per heavy atom. The quantitative estimate of drug-likeness (QED) is 0.419. The molecule has 1 aliphatic rings. The van der Waals surface area contributed by atoms with E-state index in [9.17, 15) is 31.4 Å². The lowest BCUT2D eigenvalue weighted by Crippen LogP contribution is -2.53. The Labute approximate surface area is 177 Å². The maximum absolute atomic E-state index is 13.3. The largest absolute Gasteiger partial charge is 0.416 e. The molecule has 8 heteroatoms. The smallest absolute Gasteiger partial charge is 0.390 e. The SMILES string of the molecule is OC[C@@H]1CCC[N+]1(CCCc1ccccc1)Cc1cc(C(F)(F)F)cc(C(F)(F)F)c1. The Morgan fingerprint density at radius 3 is 2.03 bits per heavy atom. The molecule has 0 saturated carbocycles. The first-order chi connectivity index (χ1) is 14.5. The van der Waals surface area contributed by atoms with Gasteiger partial charge in [0.1, 0.15) is 12.6 Å². The first-order valence-corrected chi connectivity index (χ1v) is 10.3. The summed E-state index contributed by atoms with van der Waals surface area (Å²) in [4.78, 5) is 0. The average Bonchev–Trinajstić information content (AvgIpc) is 3.09. The van der Waals surface area contributed by atoms with Crippen LogP contribution in [0.3, 0.4) is 0 Å². The lowest BCUT2D eigenvalue weighted by atomic mass is 10.0. The Hall–Kier alpha value is -2.06. The molecule has 1 unspecified atom stereocenters. The number of quaternary nitrogens is 1. The Bertz CT molecular complexity index is 832. The second kappa shape index (κ2) is 9.20. The van der Waals surface area contributed by atoms with Gasteiger partial charge < -0.3 is 9.59 Å². The van der Waals surface area contributed by atoms with Gasteiger partial charge in [0.2, 0.25) is 0 Å². The number of aryl methyl sites for hydroxylation is 1. The van der Waals surface area contributed by atoms with Crippen molar-refractivity contribution in [1.82, 2.24) is 0 Å². The number of aliphatic hydroxyl groups excluding tert-OH is 1. The van der Waals surface area contributed by atoms with Gasteiger partial charge in [0.15, 0.2) is 0 Å². The highest BCUT2D eigenvalue weighted by Crippen LogP contribution is 2.38. The summed E-state index contributed by atoms with van der Waals surface area (Å²) >= 11 is 0. The third kappa shape index (κ3) is 5.80. The van der Waals surface area contributed by atoms with Gasteiger partial charge in [0.25, 0.3) is 0 Å². The van der Waals surface area contributed by atoms with Crippen LogP contribution in [0.15, 0.2) is 48.5 Å². The van der Waals surface area contributed by atoms with Crippen LogP contribution in [-0.2, 0) is 25.3 Å². The van der Waals surface area contributed by atoms with Gasteiger partial charge >= 0.3 is 12.4 Å². The standard InChI is InChI=1S/C23H26F6NO/c24-22(25,26)19-12-18(13-20(14-19)23(27,28)29)15-30(11-5-9-21(30)16-31)10-4-8-17-6-2-1-3-7-17/h1-3,6-7,12-14,21,31H,4-5,8-11,15-16H2/q+1/t21-,30?/m0/s1. The lowest BCUT2D eigenvalue weighted by Gasteiger charge is -2.40. The molecule has 0 bridgehead atoms. The maximum Gasteiger partial charge on any atom is 0.416 e. The van der Waals surface area contributed by atoms with Gasteiger partial charge in [-0.2, -0.15) is 26.3 Å². The van der Waals surface area contributed by atoms with Crippen LogP contribution in [0.2, 0.25) is 0 Å². The van der Waals surface area contributed by atoms with Crippen molar-refractivity contribution >= 4 is 0 Å². The molecule has 2 nitrogen and oxygen atoms in total. The molecule has 31 heavy (non-hydrogen) atoms. The molecule has 2 atom stereocenters. The first kappa shape index (κ1) is 23.6. The van der Waals surface area contributed by atoms with E-state index in [1.807, 2.05) is 30.3 Å². The van der Waals surface area contributed by atoms with Crippen LogP contribution in [0.4, 0.5) is 26.3 Å². The number of hydrogen-bond donors (Lipinski definition) is 1. The Balaban J connectivity index is 1.89. The van der Waals surface area contributed by atoms with Crippen molar-refractivity contribution in [3.8, 4) is 0 Å². The molecule has 2 aromatic carbocycles. The number of aliphatic hydroxyl groups is 1. The molecule has 0 radical (unpaired) electrons. The van der Waals surface area contributed by atoms with Crippen LogP contribution in [0, 0.1) is 0 Å². The zero-order chi connectivity index (χ0) is 22.7. The topological polar surface area (TPSA) is 20.2 Å². The normalized spacial score (nSPS) is 22.1. The van der Waals surface area contributed by atoms with Crippen molar-refractivity contribution in [3.05, 3.63) is 70.8 Å². The summed E-state index contributed by atoms with van der Waals surface area (Å²) in [5.74, 6) is 0. The van der Waals surface area contributed by atoms with E-state index in [1.165, 1.54) is 0 Å². The summed E-state index contributed by atoms with van der Waals surface area (Å²) < 4.78 is 79.9. The Morgan fingerprint density at radius 2 is 1.48 bits per heavy atom. The molecule has 1 aliphatic heterocycles. The highest BCUT2D eigenvalue weighted by Gasteiger charge is 2.42. The highest BCUT2D eigenvalue weighted by atomic mass is 19.4. The molecule has 0 aliphatic carbocycles. The van der Waals surface area contributed by atoms with E-state index in [0.29, 0.717) is 24.0 Å². The fourth-order valence-electron chi connectivity index (χ4n) is 4.66. The average molecular weight is 446 g/mol. The van der Waals surface area contributed by atoms with Crippen molar-refractivity contribution in [2.75, 3.05) is 19.7 Å². The number of rotatable bonds is 7. The molecule has 2 aromatic rings. The van der Waals surface area contributed by atoms with E-state index in [-0.39, 0.29) is 30.8 Å². The first-order valence-electron chi connectivity index (χ1n) is 10.3. The van der Waals surface area contributed by atoms with Crippen molar-refractivity contribution in [2.24, 2.45) is 0 Å². The van der Waals surface area contributed by atoms with Gasteiger partial charge in [-0.25, -0.2) is 0 Å². The third-order valence-corrected chi connectivity index (χ3v) is 6.18. The number of benzene rings is 2. The van der Waals surface area contributed by atoms with E-state index in [1.54, 1.807) is 0 Å². The molecule has 1 N–H and O–H groups in total. The van der Waals surface area contributed by atoms with Crippen LogP contribution < -0.4 is 0 Å². The zero-order valence-electron chi connectivity index (χ0n) is 17.0. The second-order valence-electron chi connectivity index (χ2n) is 8.31. The van der Waals surface area contributed by atoms with Gasteiger partial charge in [-0.15, -0.1) is 0 Å². The minimum atomic E-state index is -4.87. The fourth-order valence-corrected chi connectivity index (χ4v) is 4.66. The molecule has 0 aromatic heterocycles. The number of hydrogen-bond acceptors (Lipinski definition) is 1. The minimum absolute atomic E-state index is 0.00205. The van der Waals surface area contributed by atoms with Crippen LogP contribution in [0.1, 0.15) is 41.5 Å². The predicted octanol–water partition coefficient (Wildman–Crippen LogP) is 5.83. The van der Waals surface area contributed by atoms with Crippen molar-refractivity contribution in [1.29, 1.82) is 0 Å². The van der Waals surface area contributed by atoms with Crippen LogP contribution in [0.25, 0.3) is 0 Å². The van der Waals surface area contributed by atoms with Crippen molar-refractivity contribution in [3.63, 3.8) is 0 Å². The molecule has 1 heterocycles. The molecular weight excluding hydrogens is 420 g/mol. The van der Waals surface area contributed by atoms with Gasteiger partial charge in [-0.05, 0) is 30.2 Å². The van der Waals surface area contributed by atoms with Crippen molar-refractivity contribution in [2.45, 2.75) is 50.6 Å². The highest BCUT2D eigenvalue weighted by molar-refractivity contribution is 5.33. The fraction of sp³-hybridized carbons (Fsp3) is 0.478. The van der Waals surface area contributed by atoms with Gasteiger partial charge in [-0.3, -0.25) is 0 Å². The molecular formula is C23H26F6NO+. The monoisotopic (exact) mass is 446 g/mol. The summed E-state index contributed by atoms with van der Waals surface area (Å²) in [6, 6.07) is 11.3. The van der Waals surface area contributed by atoms with E-state index >= 15 is 0 Å². The molecule has 1 saturated heterocycles.